The summed E-state index contributed by atoms with van der Waals surface area (Å²) in [5.74, 6) is -0.465. The number of hydrogen-bond acceptors (Lipinski definition) is 6. The molecule has 19 heavy (non-hydrogen) atoms. The van der Waals surface area contributed by atoms with Crippen molar-refractivity contribution in [2.24, 2.45) is 12.8 Å². The van der Waals surface area contributed by atoms with E-state index >= 15 is 0 Å². The predicted octanol–water partition coefficient (Wildman–Crippen LogP) is 0.0388. The first kappa shape index (κ1) is 13.3. The Morgan fingerprint density at radius 2 is 2.21 bits per heavy atom. The quantitative estimate of drug-likeness (QED) is 0.605. The smallest absolute Gasteiger partial charge is 0.318 e. The molecular weight excluding hydrogens is 268 g/mol. The standard InChI is InChI=1S/C10H12N6O2S/c1-5(8(17)15-10(11)18)19-9-6-3-14-16(2)7(6)12-4-13-9/h3-5H,1-2H3,(H3,11,15,17,18). The van der Waals surface area contributed by atoms with Crippen LogP contribution in [0.25, 0.3) is 11.0 Å². The molecule has 0 aliphatic carbocycles. The lowest BCUT2D eigenvalue weighted by atomic mass is 10.4. The van der Waals surface area contributed by atoms with E-state index in [-0.39, 0.29) is 0 Å². The third-order valence-corrected chi connectivity index (χ3v) is 3.51. The van der Waals surface area contributed by atoms with Crippen LogP contribution in [0.4, 0.5) is 4.79 Å². The Labute approximate surface area is 112 Å². The topological polar surface area (TPSA) is 116 Å². The molecule has 0 radical (unpaired) electrons. The molecule has 2 rings (SSSR count). The van der Waals surface area contributed by atoms with Crippen molar-refractivity contribution >= 4 is 34.7 Å². The van der Waals surface area contributed by atoms with Crippen LogP contribution in [-0.2, 0) is 11.8 Å². The number of thioether (sulfide) groups is 1. The van der Waals surface area contributed by atoms with E-state index in [4.69, 9.17) is 5.73 Å². The van der Waals surface area contributed by atoms with Gasteiger partial charge in [-0.1, -0.05) is 11.8 Å². The maximum absolute atomic E-state index is 11.6. The average molecular weight is 280 g/mol. The molecule has 8 nitrogen and oxygen atoms in total. The second-order valence-electron chi connectivity index (χ2n) is 3.80. The Hall–Kier alpha value is -2.16. The SMILES string of the molecule is CC(Sc1ncnc2c1cnn2C)C(=O)NC(N)=O. The van der Waals surface area contributed by atoms with E-state index in [0.717, 1.165) is 5.39 Å². The summed E-state index contributed by atoms with van der Waals surface area (Å²) in [6, 6.07) is -0.869. The number of fused-ring (bicyclic) bond motifs is 1. The molecule has 9 heteroatoms. The number of nitrogens with zero attached hydrogens (tertiary/aromatic N) is 4. The molecule has 1 atom stereocenters. The second-order valence-corrected chi connectivity index (χ2v) is 5.13. The molecule has 3 amide bonds. The highest BCUT2D eigenvalue weighted by Gasteiger charge is 2.18. The van der Waals surface area contributed by atoms with Gasteiger partial charge in [-0.2, -0.15) is 5.10 Å². The molecule has 2 aromatic heterocycles. The van der Waals surface area contributed by atoms with Crippen molar-refractivity contribution in [2.75, 3.05) is 0 Å². The number of nitrogens with two attached hydrogens (primary N) is 1. The van der Waals surface area contributed by atoms with Gasteiger partial charge >= 0.3 is 6.03 Å². The number of imide groups is 1. The molecule has 0 fully saturated rings. The second kappa shape index (κ2) is 5.22. The predicted molar refractivity (Wildman–Crippen MR) is 69.3 cm³/mol. The first-order valence-corrected chi connectivity index (χ1v) is 6.26. The fraction of sp³-hybridized carbons (Fsp3) is 0.300. The van der Waals surface area contributed by atoms with Gasteiger partial charge in [0.05, 0.1) is 16.8 Å². The maximum Gasteiger partial charge on any atom is 0.318 e. The lowest BCUT2D eigenvalue weighted by Gasteiger charge is -2.09. The van der Waals surface area contributed by atoms with Crippen molar-refractivity contribution in [3.63, 3.8) is 0 Å². The maximum atomic E-state index is 11.6. The van der Waals surface area contributed by atoms with Crippen molar-refractivity contribution in [3.05, 3.63) is 12.5 Å². The Kier molecular flexibility index (Phi) is 3.65. The number of amides is 3. The van der Waals surface area contributed by atoms with Gasteiger partial charge in [-0.05, 0) is 6.92 Å². The molecule has 0 aromatic carbocycles. The van der Waals surface area contributed by atoms with E-state index in [1.807, 2.05) is 5.32 Å². The van der Waals surface area contributed by atoms with Gasteiger partial charge in [-0.25, -0.2) is 14.8 Å². The van der Waals surface area contributed by atoms with E-state index in [2.05, 4.69) is 15.1 Å². The summed E-state index contributed by atoms with van der Waals surface area (Å²) in [5.41, 5.74) is 5.58. The van der Waals surface area contributed by atoms with E-state index in [0.29, 0.717) is 10.7 Å². The Morgan fingerprint density at radius 3 is 2.89 bits per heavy atom. The summed E-state index contributed by atoms with van der Waals surface area (Å²) < 4.78 is 1.62. The monoisotopic (exact) mass is 280 g/mol. The zero-order chi connectivity index (χ0) is 14.0. The first-order chi connectivity index (χ1) is 8.99. The number of aromatic nitrogens is 4. The van der Waals surface area contributed by atoms with Crippen LogP contribution < -0.4 is 11.1 Å². The number of rotatable bonds is 3. The van der Waals surface area contributed by atoms with E-state index < -0.39 is 17.2 Å². The molecule has 0 bridgehead atoms. The highest BCUT2D eigenvalue weighted by molar-refractivity contribution is 8.00. The minimum absolute atomic E-state index is 0.465. The lowest BCUT2D eigenvalue weighted by molar-refractivity contribution is -0.119. The molecule has 0 saturated heterocycles. The van der Waals surface area contributed by atoms with Gasteiger partial charge in [0.2, 0.25) is 5.91 Å². The van der Waals surface area contributed by atoms with Gasteiger partial charge < -0.3 is 5.73 Å². The lowest BCUT2D eigenvalue weighted by Crippen LogP contribution is -2.39. The molecule has 2 heterocycles. The minimum Gasteiger partial charge on any atom is -0.351 e. The highest BCUT2D eigenvalue weighted by Crippen LogP contribution is 2.27. The van der Waals surface area contributed by atoms with Gasteiger partial charge in [0, 0.05) is 7.05 Å². The van der Waals surface area contributed by atoms with Crippen molar-refractivity contribution in [2.45, 2.75) is 17.2 Å². The Balaban J connectivity index is 2.21. The number of urea groups is 1. The zero-order valence-corrected chi connectivity index (χ0v) is 11.1. The number of carbonyl (C=O) groups is 2. The summed E-state index contributed by atoms with van der Waals surface area (Å²) in [7, 11) is 1.77. The fourth-order valence-electron chi connectivity index (χ4n) is 1.48. The number of hydrogen-bond donors (Lipinski definition) is 2. The molecule has 0 aliphatic heterocycles. The van der Waals surface area contributed by atoms with Gasteiger partial charge in [0.15, 0.2) is 5.65 Å². The van der Waals surface area contributed by atoms with E-state index in [1.54, 1.807) is 24.9 Å². The molecule has 3 N–H and O–H groups in total. The van der Waals surface area contributed by atoms with Crippen LogP contribution in [0, 0.1) is 0 Å². The van der Waals surface area contributed by atoms with Gasteiger partial charge in [-0.3, -0.25) is 14.8 Å². The first-order valence-electron chi connectivity index (χ1n) is 5.38. The summed E-state index contributed by atoms with van der Waals surface area (Å²) in [5, 5.41) is 6.99. The van der Waals surface area contributed by atoms with Crippen LogP contribution in [0.1, 0.15) is 6.92 Å². The van der Waals surface area contributed by atoms with Crippen LogP contribution in [0.5, 0.6) is 0 Å². The highest BCUT2D eigenvalue weighted by atomic mass is 32.2. The largest absolute Gasteiger partial charge is 0.351 e. The third kappa shape index (κ3) is 2.81. The molecule has 0 spiro atoms. The molecule has 0 aliphatic rings. The number of carbonyl (C=O) groups excluding carboxylic acids is 2. The van der Waals surface area contributed by atoms with Gasteiger partial charge in [0.1, 0.15) is 11.4 Å². The minimum atomic E-state index is -0.869. The molecule has 2 aromatic rings. The molecular formula is C10H12N6O2S. The number of aryl methyl sites for hydroxylation is 1. The molecule has 0 saturated carbocycles. The molecule has 1 unspecified atom stereocenters. The normalized spacial score (nSPS) is 12.3. The van der Waals surface area contributed by atoms with Gasteiger partial charge in [-0.15, -0.1) is 0 Å². The number of nitrogens with one attached hydrogen (secondary N) is 1. The molecule has 100 valence electrons. The number of primary amides is 1. The van der Waals surface area contributed by atoms with E-state index in [1.165, 1.54) is 18.1 Å². The third-order valence-electron chi connectivity index (χ3n) is 2.40. The van der Waals surface area contributed by atoms with Crippen molar-refractivity contribution < 1.29 is 9.59 Å². The van der Waals surface area contributed by atoms with Crippen molar-refractivity contribution in [1.29, 1.82) is 0 Å². The fourth-order valence-corrected chi connectivity index (χ4v) is 2.36. The van der Waals surface area contributed by atoms with Gasteiger partial charge in [0.25, 0.3) is 0 Å². The summed E-state index contributed by atoms with van der Waals surface area (Å²) >= 11 is 1.21. The van der Waals surface area contributed by atoms with Crippen LogP contribution in [-0.4, -0.2) is 36.9 Å². The van der Waals surface area contributed by atoms with Crippen LogP contribution >= 0.6 is 11.8 Å². The van der Waals surface area contributed by atoms with Crippen LogP contribution in [0.2, 0.25) is 0 Å². The van der Waals surface area contributed by atoms with E-state index in [9.17, 15) is 9.59 Å². The van der Waals surface area contributed by atoms with Crippen molar-refractivity contribution in [3.8, 4) is 0 Å². The van der Waals surface area contributed by atoms with Crippen molar-refractivity contribution in [1.82, 2.24) is 25.1 Å². The van der Waals surface area contributed by atoms with Crippen LogP contribution in [0.15, 0.2) is 17.6 Å². The summed E-state index contributed by atoms with van der Waals surface area (Å²) in [6.45, 7) is 1.66. The Morgan fingerprint density at radius 1 is 1.47 bits per heavy atom. The zero-order valence-electron chi connectivity index (χ0n) is 10.3. The Bertz CT molecular complexity index is 640. The summed E-state index contributed by atoms with van der Waals surface area (Å²) in [4.78, 5) is 30.5. The average Bonchev–Trinajstić information content (AvgIpc) is 2.71. The van der Waals surface area contributed by atoms with Crippen LogP contribution in [0.3, 0.4) is 0 Å². The summed E-state index contributed by atoms with van der Waals surface area (Å²) in [6.07, 6.45) is 3.04.